The summed E-state index contributed by atoms with van der Waals surface area (Å²) in [7, 11) is 0. The molecule has 2 heterocycles. The molecule has 4 heteroatoms. The molecule has 0 amide bonds. The Morgan fingerprint density at radius 3 is 2.65 bits per heavy atom. The van der Waals surface area contributed by atoms with Crippen molar-refractivity contribution in [3.05, 3.63) is 18.0 Å². The van der Waals surface area contributed by atoms with Crippen LogP contribution in [0.4, 0.5) is 0 Å². The van der Waals surface area contributed by atoms with Crippen molar-refractivity contribution in [2.75, 3.05) is 0 Å². The molecule has 0 bridgehead atoms. The van der Waals surface area contributed by atoms with E-state index in [9.17, 15) is 0 Å². The second-order valence-electron chi connectivity index (χ2n) is 6.14. The largest absolute Gasteiger partial charge is 0.326 e. The highest BCUT2D eigenvalue weighted by molar-refractivity contribution is 5.13. The van der Waals surface area contributed by atoms with Crippen LogP contribution in [0.1, 0.15) is 52.1 Å². The molecule has 1 aromatic rings. The Balaban J connectivity index is 2.11. The Morgan fingerprint density at radius 1 is 1.41 bits per heavy atom. The number of piperidine rings is 1. The topological polar surface area (TPSA) is 55.9 Å². The van der Waals surface area contributed by atoms with Crippen molar-refractivity contribution in [3.63, 3.8) is 0 Å². The molecular formula is C13H24N4. The second kappa shape index (κ2) is 4.42. The number of hydrogen-bond acceptors (Lipinski definition) is 3. The summed E-state index contributed by atoms with van der Waals surface area (Å²) < 4.78 is 2.03. The van der Waals surface area contributed by atoms with Crippen LogP contribution in [0.25, 0.3) is 0 Å². The molecule has 0 aliphatic carbocycles. The van der Waals surface area contributed by atoms with Gasteiger partial charge in [0, 0.05) is 29.9 Å². The molecule has 1 fully saturated rings. The maximum absolute atomic E-state index is 6.01. The first-order valence-electron chi connectivity index (χ1n) is 6.44. The van der Waals surface area contributed by atoms with Crippen molar-refractivity contribution in [2.24, 2.45) is 5.73 Å². The Morgan fingerprint density at radius 2 is 2.12 bits per heavy atom. The van der Waals surface area contributed by atoms with Gasteiger partial charge in [-0.3, -0.25) is 4.68 Å². The van der Waals surface area contributed by atoms with Crippen LogP contribution in [0.2, 0.25) is 0 Å². The minimum absolute atomic E-state index is 0.0505. The lowest BCUT2D eigenvalue weighted by atomic mass is 9.92. The molecule has 0 saturated carbocycles. The van der Waals surface area contributed by atoms with E-state index in [0.717, 1.165) is 12.8 Å². The molecule has 2 rings (SSSR count). The van der Waals surface area contributed by atoms with E-state index in [1.807, 2.05) is 10.9 Å². The third-order valence-electron chi connectivity index (χ3n) is 3.59. The fraction of sp³-hybridized carbons (Fsp3) is 0.769. The quantitative estimate of drug-likeness (QED) is 0.781. The van der Waals surface area contributed by atoms with Crippen molar-refractivity contribution in [1.82, 2.24) is 15.1 Å². The molecule has 0 aromatic carbocycles. The summed E-state index contributed by atoms with van der Waals surface area (Å²) in [4.78, 5) is 0. The molecule has 3 atom stereocenters. The molecule has 3 unspecified atom stereocenters. The molecule has 17 heavy (non-hydrogen) atoms. The highest BCUT2D eigenvalue weighted by Gasteiger charge is 2.26. The molecule has 4 nitrogen and oxygen atoms in total. The normalized spacial score (nSPS) is 30.5. The number of rotatable bonds is 1. The fourth-order valence-corrected chi connectivity index (χ4v) is 2.28. The third kappa shape index (κ3) is 2.69. The summed E-state index contributed by atoms with van der Waals surface area (Å²) in [6, 6.07) is 1.07. The van der Waals surface area contributed by atoms with Crippen LogP contribution in [0.3, 0.4) is 0 Å². The minimum atomic E-state index is 0.0505. The highest BCUT2D eigenvalue weighted by atomic mass is 15.3. The zero-order valence-electron chi connectivity index (χ0n) is 11.3. The smallest absolute Gasteiger partial charge is 0.0543 e. The van der Waals surface area contributed by atoms with E-state index in [1.165, 1.54) is 5.56 Å². The number of nitrogens with two attached hydrogens (primary N) is 1. The van der Waals surface area contributed by atoms with Crippen molar-refractivity contribution >= 4 is 0 Å². The second-order valence-corrected chi connectivity index (χ2v) is 6.14. The summed E-state index contributed by atoms with van der Waals surface area (Å²) in [5.74, 6) is 0. The number of nitrogens with zero attached hydrogens (tertiary/aromatic N) is 2. The van der Waals surface area contributed by atoms with Crippen molar-refractivity contribution in [1.29, 1.82) is 0 Å². The molecule has 1 saturated heterocycles. The van der Waals surface area contributed by atoms with E-state index >= 15 is 0 Å². The summed E-state index contributed by atoms with van der Waals surface area (Å²) in [5.41, 5.74) is 7.34. The molecule has 0 radical (unpaired) electrons. The maximum Gasteiger partial charge on any atom is 0.0543 e. The summed E-state index contributed by atoms with van der Waals surface area (Å²) in [6.07, 6.45) is 6.31. The molecule has 1 aromatic heterocycles. The summed E-state index contributed by atoms with van der Waals surface area (Å²) >= 11 is 0. The highest BCUT2D eigenvalue weighted by Crippen LogP contribution is 2.26. The predicted molar refractivity (Wildman–Crippen MR) is 69.8 cm³/mol. The Labute approximate surface area is 104 Å². The lowest BCUT2D eigenvalue weighted by molar-refractivity contribution is 0.302. The van der Waals surface area contributed by atoms with Gasteiger partial charge in [0.05, 0.1) is 11.7 Å². The first kappa shape index (κ1) is 12.6. The van der Waals surface area contributed by atoms with Gasteiger partial charge in [0.1, 0.15) is 0 Å². The van der Waals surface area contributed by atoms with Gasteiger partial charge in [-0.05, 0) is 40.5 Å². The number of aromatic nitrogens is 2. The van der Waals surface area contributed by atoms with Crippen LogP contribution < -0.4 is 11.1 Å². The van der Waals surface area contributed by atoms with E-state index in [0.29, 0.717) is 12.1 Å². The van der Waals surface area contributed by atoms with E-state index in [1.54, 1.807) is 0 Å². The molecule has 1 aliphatic rings. The van der Waals surface area contributed by atoms with E-state index in [2.05, 4.69) is 44.3 Å². The molecular weight excluding hydrogens is 212 g/mol. The van der Waals surface area contributed by atoms with Gasteiger partial charge in [-0.25, -0.2) is 0 Å². The lowest BCUT2D eigenvalue weighted by Gasteiger charge is -2.33. The molecule has 3 N–H and O–H groups in total. The number of nitrogens with one attached hydrogen (secondary N) is 1. The van der Waals surface area contributed by atoms with Crippen LogP contribution in [-0.4, -0.2) is 21.9 Å². The van der Waals surface area contributed by atoms with E-state index in [4.69, 9.17) is 5.73 Å². The van der Waals surface area contributed by atoms with Gasteiger partial charge in [0.25, 0.3) is 0 Å². The molecule has 96 valence electrons. The number of hydrogen-bond donors (Lipinski definition) is 2. The van der Waals surface area contributed by atoms with Gasteiger partial charge >= 0.3 is 0 Å². The zero-order chi connectivity index (χ0) is 12.6. The van der Waals surface area contributed by atoms with Crippen molar-refractivity contribution < 1.29 is 0 Å². The van der Waals surface area contributed by atoms with Gasteiger partial charge in [0.2, 0.25) is 0 Å². The first-order chi connectivity index (χ1) is 7.88. The zero-order valence-corrected chi connectivity index (χ0v) is 11.3. The van der Waals surface area contributed by atoms with Gasteiger partial charge in [-0.2, -0.15) is 5.10 Å². The maximum atomic E-state index is 6.01. The average Bonchev–Trinajstić information content (AvgIpc) is 2.70. The van der Waals surface area contributed by atoms with Crippen LogP contribution >= 0.6 is 0 Å². The summed E-state index contributed by atoms with van der Waals surface area (Å²) in [6.45, 7) is 8.65. The third-order valence-corrected chi connectivity index (χ3v) is 3.59. The average molecular weight is 236 g/mol. The van der Waals surface area contributed by atoms with E-state index < -0.39 is 0 Å². The minimum Gasteiger partial charge on any atom is -0.326 e. The SMILES string of the molecule is CC1NC(c2cnn(C(C)(C)C)c2)CCC1N. The van der Waals surface area contributed by atoms with Crippen molar-refractivity contribution in [3.8, 4) is 0 Å². The van der Waals surface area contributed by atoms with Gasteiger partial charge in [-0.15, -0.1) is 0 Å². The van der Waals surface area contributed by atoms with Gasteiger partial charge in [0.15, 0.2) is 0 Å². The van der Waals surface area contributed by atoms with E-state index in [-0.39, 0.29) is 11.6 Å². The van der Waals surface area contributed by atoms with Crippen LogP contribution in [0.5, 0.6) is 0 Å². The standard InChI is InChI=1S/C13H24N4/c1-9-11(14)5-6-12(16-9)10-7-15-17(8-10)13(2,3)4/h7-9,11-12,16H,5-6,14H2,1-4H3. The fourth-order valence-electron chi connectivity index (χ4n) is 2.28. The Bertz CT molecular complexity index is 377. The van der Waals surface area contributed by atoms with Crippen LogP contribution in [0.15, 0.2) is 12.4 Å². The summed E-state index contributed by atoms with van der Waals surface area (Å²) in [5, 5.41) is 8.02. The lowest BCUT2D eigenvalue weighted by Crippen LogP contribution is -2.48. The predicted octanol–water partition coefficient (Wildman–Crippen LogP) is 1.78. The van der Waals surface area contributed by atoms with Crippen molar-refractivity contribution in [2.45, 2.75) is 64.2 Å². The first-order valence-corrected chi connectivity index (χ1v) is 6.44. The van der Waals surface area contributed by atoms with Gasteiger partial charge < -0.3 is 11.1 Å². The Kier molecular flexibility index (Phi) is 3.27. The molecule has 0 spiro atoms. The Hall–Kier alpha value is -0.870. The van der Waals surface area contributed by atoms with Crippen LogP contribution in [-0.2, 0) is 5.54 Å². The van der Waals surface area contributed by atoms with Gasteiger partial charge in [-0.1, -0.05) is 0 Å². The monoisotopic (exact) mass is 236 g/mol. The molecule has 1 aliphatic heterocycles. The van der Waals surface area contributed by atoms with Crippen LogP contribution in [0, 0.1) is 0 Å².